The molecule has 1 N–H and O–H groups in total. The Kier molecular flexibility index (Phi) is 5.15. The zero-order valence-corrected chi connectivity index (χ0v) is 11.1. The number of hydrogen-bond donors (Lipinski definition) is 1. The van der Waals surface area contributed by atoms with E-state index in [1.807, 2.05) is 6.92 Å². The molecule has 0 spiro atoms. The molecule has 100 valence electrons. The number of anilines is 1. The van der Waals surface area contributed by atoms with Crippen LogP contribution >= 0.6 is 0 Å². The minimum Gasteiger partial charge on any atom is -0.480 e. The van der Waals surface area contributed by atoms with Crippen molar-refractivity contribution in [1.29, 1.82) is 0 Å². The molecule has 1 aromatic carbocycles. The Bertz CT molecular complexity index is 484. The first kappa shape index (κ1) is 14.5. The summed E-state index contributed by atoms with van der Waals surface area (Å²) in [6, 6.07) is 8.56. The van der Waals surface area contributed by atoms with Crippen molar-refractivity contribution in [2.75, 3.05) is 16.6 Å². The van der Waals surface area contributed by atoms with Gasteiger partial charge in [0, 0.05) is 6.54 Å². The van der Waals surface area contributed by atoms with E-state index in [0.717, 1.165) is 6.42 Å². The van der Waals surface area contributed by atoms with Gasteiger partial charge in [-0.25, -0.2) is 8.42 Å². The molecule has 1 aromatic rings. The van der Waals surface area contributed by atoms with Gasteiger partial charge in [0.1, 0.15) is 0 Å². The fourth-order valence-corrected chi connectivity index (χ4v) is 2.88. The van der Waals surface area contributed by atoms with Crippen molar-refractivity contribution in [2.24, 2.45) is 0 Å². The molecule has 6 heteroatoms. The molecule has 0 aliphatic heterocycles. The third-order valence-electron chi connectivity index (χ3n) is 2.40. The first-order valence-electron chi connectivity index (χ1n) is 5.74. The van der Waals surface area contributed by atoms with Crippen LogP contribution in [0.5, 0.6) is 0 Å². The highest BCUT2D eigenvalue weighted by Gasteiger charge is 2.24. The van der Waals surface area contributed by atoms with Gasteiger partial charge in [0.25, 0.3) is 0 Å². The van der Waals surface area contributed by atoms with Gasteiger partial charge in [-0.2, -0.15) is 0 Å². The van der Waals surface area contributed by atoms with E-state index < -0.39 is 21.7 Å². The van der Waals surface area contributed by atoms with Crippen molar-refractivity contribution < 1.29 is 18.3 Å². The van der Waals surface area contributed by atoms with Crippen molar-refractivity contribution in [1.82, 2.24) is 0 Å². The molecular formula is C12H17NO4S. The Balaban J connectivity index is 3.02. The molecule has 0 amide bonds. The van der Waals surface area contributed by atoms with E-state index in [2.05, 4.69) is 0 Å². The summed E-state index contributed by atoms with van der Waals surface area (Å²) in [5.74, 6) is -2.22. The number of nitrogens with zero attached hydrogens (tertiary/aromatic N) is 1. The molecule has 5 nitrogen and oxygen atoms in total. The van der Waals surface area contributed by atoms with Gasteiger partial charge in [0.2, 0.25) is 10.0 Å². The van der Waals surface area contributed by atoms with Gasteiger partial charge in [-0.05, 0) is 18.6 Å². The van der Waals surface area contributed by atoms with Gasteiger partial charge in [-0.15, -0.1) is 0 Å². The summed E-state index contributed by atoms with van der Waals surface area (Å²) in [5, 5.41) is 8.66. The van der Waals surface area contributed by atoms with Crippen LogP contribution in [-0.4, -0.2) is 31.8 Å². The minimum absolute atomic E-state index is 0.302. The van der Waals surface area contributed by atoms with Crippen LogP contribution in [-0.2, 0) is 14.8 Å². The summed E-state index contributed by atoms with van der Waals surface area (Å²) < 4.78 is 25.2. The largest absolute Gasteiger partial charge is 0.480 e. The van der Waals surface area contributed by atoms with Crippen LogP contribution in [0.2, 0.25) is 0 Å². The number of carboxylic acid groups (broad SMARTS) is 1. The van der Waals surface area contributed by atoms with Crippen molar-refractivity contribution in [3.63, 3.8) is 0 Å². The molecule has 0 unspecified atom stereocenters. The van der Waals surface area contributed by atoms with Gasteiger partial charge < -0.3 is 5.11 Å². The third-order valence-corrected chi connectivity index (χ3v) is 4.08. The number of hydrogen-bond acceptors (Lipinski definition) is 3. The molecule has 0 atom stereocenters. The van der Waals surface area contributed by atoms with Crippen LogP contribution in [0.15, 0.2) is 30.3 Å². The van der Waals surface area contributed by atoms with Gasteiger partial charge in [0.05, 0.1) is 5.69 Å². The topological polar surface area (TPSA) is 74.7 Å². The lowest BCUT2D eigenvalue weighted by atomic mass is 10.3. The fourth-order valence-electron chi connectivity index (χ4n) is 1.56. The maximum Gasteiger partial charge on any atom is 0.320 e. The zero-order chi connectivity index (χ0) is 13.6. The molecule has 0 radical (unpaired) electrons. The summed E-state index contributed by atoms with van der Waals surface area (Å²) in [6.07, 6.45) is 1.53. The van der Waals surface area contributed by atoms with Crippen LogP contribution < -0.4 is 4.31 Å². The van der Waals surface area contributed by atoms with E-state index >= 15 is 0 Å². The van der Waals surface area contributed by atoms with E-state index in [0.29, 0.717) is 18.7 Å². The average molecular weight is 271 g/mol. The normalized spacial score (nSPS) is 11.2. The molecule has 1 rings (SSSR count). The summed E-state index contributed by atoms with van der Waals surface area (Å²) in [5.41, 5.74) is 0.507. The quantitative estimate of drug-likeness (QED) is 0.819. The molecule has 0 saturated heterocycles. The smallest absolute Gasteiger partial charge is 0.320 e. The lowest BCUT2D eigenvalue weighted by Gasteiger charge is -2.23. The molecular weight excluding hydrogens is 254 g/mol. The van der Waals surface area contributed by atoms with E-state index in [9.17, 15) is 13.2 Å². The number of sulfonamides is 1. The highest BCUT2D eigenvalue weighted by molar-refractivity contribution is 7.93. The van der Waals surface area contributed by atoms with Gasteiger partial charge in [-0.1, -0.05) is 31.5 Å². The number of benzene rings is 1. The summed E-state index contributed by atoms with van der Waals surface area (Å²) >= 11 is 0. The molecule has 0 bridgehead atoms. The fraction of sp³-hybridized carbons (Fsp3) is 0.417. The summed E-state index contributed by atoms with van der Waals surface area (Å²) in [4.78, 5) is 10.6. The SMILES string of the molecule is CCCCN(c1ccccc1)S(=O)(=O)CC(=O)O. The van der Waals surface area contributed by atoms with Crippen LogP contribution in [0.4, 0.5) is 5.69 Å². The number of para-hydroxylation sites is 1. The Morgan fingerprint density at radius 2 is 1.89 bits per heavy atom. The van der Waals surface area contributed by atoms with E-state index in [1.54, 1.807) is 30.3 Å². The Hall–Kier alpha value is -1.56. The van der Waals surface area contributed by atoms with E-state index in [-0.39, 0.29) is 0 Å². The maximum atomic E-state index is 12.0. The minimum atomic E-state index is -3.81. The highest BCUT2D eigenvalue weighted by Crippen LogP contribution is 2.18. The molecule has 0 heterocycles. The maximum absolute atomic E-state index is 12.0. The standard InChI is InChI=1S/C12H17NO4S/c1-2-3-9-13(11-7-5-4-6-8-11)18(16,17)10-12(14)15/h4-8H,2-3,9-10H2,1H3,(H,14,15). The first-order valence-corrected chi connectivity index (χ1v) is 7.35. The molecule has 0 saturated carbocycles. The predicted octanol–water partition coefficient (Wildman–Crippen LogP) is 1.71. The Morgan fingerprint density at radius 1 is 1.28 bits per heavy atom. The summed E-state index contributed by atoms with van der Waals surface area (Å²) in [6.45, 7) is 2.25. The van der Waals surface area contributed by atoms with Crippen LogP contribution in [0, 0.1) is 0 Å². The van der Waals surface area contributed by atoms with Crippen molar-refractivity contribution >= 4 is 21.7 Å². The van der Waals surface area contributed by atoms with Crippen molar-refractivity contribution in [3.05, 3.63) is 30.3 Å². The monoisotopic (exact) mass is 271 g/mol. The highest BCUT2D eigenvalue weighted by atomic mass is 32.2. The molecule has 0 fully saturated rings. The second-order valence-corrected chi connectivity index (χ2v) is 5.80. The van der Waals surface area contributed by atoms with E-state index in [1.165, 1.54) is 4.31 Å². The first-order chi connectivity index (χ1) is 8.47. The number of carbonyl (C=O) groups is 1. The van der Waals surface area contributed by atoms with Crippen molar-refractivity contribution in [2.45, 2.75) is 19.8 Å². The number of carboxylic acids is 1. The van der Waals surface area contributed by atoms with Crippen LogP contribution in [0.3, 0.4) is 0 Å². The van der Waals surface area contributed by atoms with Gasteiger partial charge in [0.15, 0.2) is 5.75 Å². The number of rotatable bonds is 7. The Morgan fingerprint density at radius 3 is 2.39 bits per heavy atom. The molecule has 0 aromatic heterocycles. The van der Waals surface area contributed by atoms with Crippen LogP contribution in [0.25, 0.3) is 0 Å². The lowest BCUT2D eigenvalue weighted by molar-refractivity contribution is -0.134. The average Bonchev–Trinajstić information content (AvgIpc) is 2.29. The molecule has 18 heavy (non-hydrogen) atoms. The second kappa shape index (κ2) is 6.39. The lowest BCUT2D eigenvalue weighted by Crippen LogP contribution is -2.36. The van der Waals surface area contributed by atoms with Gasteiger partial charge >= 0.3 is 5.97 Å². The summed E-state index contributed by atoms with van der Waals surface area (Å²) in [7, 11) is -3.81. The number of unbranched alkanes of at least 4 members (excludes halogenated alkanes) is 1. The number of aliphatic carboxylic acids is 1. The molecule has 0 aliphatic rings. The predicted molar refractivity (Wildman–Crippen MR) is 70.1 cm³/mol. The third kappa shape index (κ3) is 4.03. The van der Waals surface area contributed by atoms with Gasteiger partial charge in [-0.3, -0.25) is 9.10 Å². The van der Waals surface area contributed by atoms with Crippen molar-refractivity contribution in [3.8, 4) is 0 Å². The zero-order valence-electron chi connectivity index (χ0n) is 10.2. The van der Waals surface area contributed by atoms with E-state index in [4.69, 9.17) is 5.11 Å². The second-order valence-electron chi connectivity index (χ2n) is 3.91. The molecule has 0 aliphatic carbocycles. The van der Waals surface area contributed by atoms with Crippen LogP contribution in [0.1, 0.15) is 19.8 Å². The Labute approximate surface area is 107 Å².